The molecule has 4 rings (SSSR count). The first-order chi connectivity index (χ1) is 13.9. The highest BCUT2D eigenvalue weighted by atomic mass is 16.5. The predicted molar refractivity (Wildman–Crippen MR) is 110 cm³/mol. The molecule has 2 aliphatic rings. The average Bonchev–Trinajstić information content (AvgIpc) is 3.01. The monoisotopic (exact) mass is 394 g/mol. The van der Waals surface area contributed by atoms with Crippen molar-refractivity contribution >= 4 is 11.8 Å². The van der Waals surface area contributed by atoms with E-state index in [0.717, 1.165) is 23.1 Å². The molecule has 0 unspecified atom stereocenters. The van der Waals surface area contributed by atoms with Crippen molar-refractivity contribution in [3.63, 3.8) is 0 Å². The van der Waals surface area contributed by atoms with Crippen LogP contribution in [0.4, 0.5) is 0 Å². The molecule has 0 aliphatic carbocycles. The zero-order valence-electron chi connectivity index (χ0n) is 16.9. The number of likely N-dealkylation sites (tertiary alicyclic amines) is 1. The number of hydrogen-bond acceptors (Lipinski definition) is 4. The lowest BCUT2D eigenvalue weighted by atomic mass is 10.0. The van der Waals surface area contributed by atoms with Crippen LogP contribution in [0.2, 0.25) is 0 Å². The number of benzene rings is 2. The summed E-state index contributed by atoms with van der Waals surface area (Å²) < 4.78 is 5.77. The van der Waals surface area contributed by atoms with Gasteiger partial charge in [-0.15, -0.1) is 0 Å². The van der Waals surface area contributed by atoms with Crippen LogP contribution in [0, 0.1) is 6.92 Å². The smallest absolute Gasteiger partial charge is 0.245 e. The Labute approximate surface area is 170 Å². The van der Waals surface area contributed by atoms with Crippen LogP contribution >= 0.6 is 0 Å². The SMILES string of the molecule is Cc1ccc(-c2cc(O)c3c(c2)CN(C(=O)[C@H](C)N2CCCC2=O)CCO3)cc1. The van der Waals surface area contributed by atoms with Crippen LogP contribution < -0.4 is 4.74 Å². The summed E-state index contributed by atoms with van der Waals surface area (Å²) in [4.78, 5) is 28.5. The molecule has 1 fully saturated rings. The largest absolute Gasteiger partial charge is 0.504 e. The first kappa shape index (κ1) is 19.3. The van der Waals surface area contributed by atoms with Gasteiger partial charge in [0.2, 0.25) is 11.8 Å². The van der Waals surface area contributed by atoms with Gasteiger partial charge in [0.1, 0.15) is 12.6 Å². The van der Waals surface area contributed by atoms with Crippen molar-refractivity contribution in [2.45, 2.75) is 39.3 Å². The number of carbonyl (C=O) groups is 2. The summed E-state index contributed by atoms with van der Waals surface area (Å²) in [6, 6.07) is 11.3. The summed E-state index contributed by atoms with van der Waals surface area (Å²) in [6.07, 6.45) is 1.31. The molecular weight excluding hydrogens is 368 g/mol. The fourth-order valence-corrected chi connectivity index (χ4v) is 4.08. The van der Waals surface area contributed by atoms with Crippen LogP contribution in [-0.4, -0.2) is 52.5 Å². The second-order valence-electron chi connectivity index (χ2n) is 7.82. The molecule has 0 aromatic heterocycles. The van der Waals surface area contributed by atoms with E-state index in [-0.39, 0.29) is 17.6 Å². The number of ether oxygens (including phenoxy) is 1. The van der Waals surface area contributed by atoms with Crippen LogP contribution in [0.3, 0.4) is 0 Å². The summed E-state index contributed by atoms with van der Waals surface area (Å²) in [7, 11) is 0. The van der Waals surface area contributed by atoms with E-state index in [4.69, 9.17) is 4.74 Å². The van der Waals surface area contributed by atoms with Crippen LogP contribution in [0.5, 0.6) is 11.5 Å². The Bertz CT molecular complexity index is 939. The van der Waals surface area contributed by atoms with Crippen molar-refractivity contribution in [2.24, 2.45) is 0 Å². The third kappa shape index (κ3) is 3.79. The highest BCUT2D eigenvalue weighted by Gasteiger charge is 2.33. The van der Waals surface area contributed by atoms with E-state index in [1.165, 1.54) is 5.56 Å². The number of aryl methyl sites for hydroxylation is 1. The highest BCUT2D eigenvalue weighted by Crippen LogP contribution is 2.37. The molecule has 1 atom stereocenters. The Kier molecular flexibility index (Phi) is 5.18. The lowest BCUT2D eigenvalue weighted by molar-refractivity contribution is -0.143. The molecule has 2 aromatic rings. The Morgan fingerprint density at radius 3 is 2.59 bits per heavy atom. The highest BCUT2D eigenvalue weighted by molar-refractivity contribution is 5.88. The molecular formula is C23H26N2O4. The summed E-state index contributed by atoms with van der Waals surface area (Å²) in [6.45, 7) is 5.51. The summed E-state index contributed by atoms with van der Waals surface area (Å²) in [5.41, 5.74) is 3.80. The zero-order valence-corrected chi connectivity index (χ0v) is 16.9. The van der Waals surface area contributed by atoms with E-state index in [9.17, 15) is 14.7 Å². The van der Waals surface area contributed by atoms with Crippen molar-refractivity contribution < 1.29 is 19.4 Å². The number of nitrogens with zero attached hydrogens (tertiary/aromatic N) is 2. The molecule has 0 saturated carbocycles. The Morgan fingerprint density at radius 1 is 1.14 bits per heavy atom. The lowest BCUT2D eigenvalue weighted by Gasteiger charge is -2.29. The molecule has 1 saturated heterocycles. The number of amides is 2. The first-order valence-corrected chi connectivity index (χ1v) is 10.1. The summed E-state index contributed by atoms with van der Waals surface area (Å²) in [5.74, 6) is 0.463. The molecule has 0 radical (unpaired) electrons. The van der Waals surface area contributed by atoms with Crippen LogP contribution in [0.15, 0.2) is 36.4 Å². The Morgan fingerprint density at radius 2 is 1.90 bits per heavy atom. The van der Waals surface area contributed by atoms with Crippen LogP contribution in [0.25, 0.3) is 11.1 Å². The number of hydrogen-bond donors (Lipinski definition) is 1. The topological polar surface area (TPSA) is 70.1 Å². The number of phenols is 1. The minimum absolute atomic E-state index is 0.0385. The second-order valence-corrected chi connectivity index (χ2v) is 7.82. The molecule has 2 amide bonds. The van der Waals surface area contributed by atoms with Gasteiger partial charge in [-0.3, -0.25) is 9.59 Å². The van der Waals surface area contributed by atoms with E-state index in [1.807, 2.05) is 37.3 Å². The fraction of sp³-hybridized carbons (Fsp3) is 0.391. The van der Waals surface area contributed by atoms with Crippen molar-refractivity contribution in [2.75, 3.05) is 19.7 Å². The molecule has 2 aliphatic heterocycles. The number of fused-ring (bicyclic) bond motifs is 1. The molecule has 152 valence electrons. The predicted octanol–water partition coefficient (Wildman–Crippen LogP) is 3.10. The van der Waals surface area contributed by atoms with Gasteiger partial charge in [-0.25, -0.2) is 0 Å². The van der Waals surface area contributed by atoms with Crippen molar-refractivity contribution in [1.29, 1.82) is 0 Å². The van der Waals surface area contributed by atoms with Crippen LogP contribution in [-0.2, 0) is 16.1 Å². The quantitative estimate of drug-likeness (QED) is 0.869. The molecule has 6 heteroatoms. The number of carbonyl (C=O) groups excluding carboxylic acids is 2. The Balaban J connectivity index is 1.61. The molecule has 29 heavy (non-hydrogen) atoms. The normalized spacial score (nSPS) is 17.5. The minimum Gasteiger partial charge on any atom is -0.504 e. The average molecular weight is 394 g/mol. The minimum atomic E-state index is -0.486. The van der Waals surface area contributed by atoms with E-state index < -0.39 is 6.04 Å². The van der Waals surface area contributed by atoms with Gasteiger partial charge in [0.15, 0.2) is 11.5 Å². The first-order valence-electron chi connectivity index (χ1n) is 10.1. The molecule has 2 aromatic carbocycles. The van der Waals surface area contributed by atoms with Crippen molar-refractivity contribution in [1.82, 2.24) is 9.80 Å². The number of phenolic OH excluding ortho intramolecular Hbond substituents is 1. The molecule has 2 heterocycles. The standard InChI is InChI=1S/C23H26N2O4/c1-15-5-7-17(8-6-15)18-12-19-14-24(10-11-29-22(19)20(26)13-18)23(28)16(2)25-9-3-4-21(25)27/h5-8,12-13,16,26H,3-4,9-11,14H2,1-2H3/t16-/m0/s1. The lowest BCUT2D eigenvalue weighted by Crippen LogP contribution is -2.47. The van der Waals surface area contributed by atoms with E-state index in [2.05, 4.69) is 0 Å². The van der Waals surface area contributed by atoms with Gasteiger partial charge in [-0.1, -0.05) is 29.8 Å². The fourth-order valence-electron chi connectivity index (χ4n) is 4.08. The third-order valence-corrected chi connectivity index (χ3v) is 5.75. The van der Waals surface area contributed by atoms with E-state index in [1.54, 1.807) is 22.8 Å². The Hall–Kier alpha value is -3.02. The van der Waals surface area contributed by atoms with Gasteiger partial charge in [-0.05, 0) is 43.5 Å². The van der Waals surface area contributed by atoms with Crippen LogP contribution in [0.1, 0.15) is 30.9 Å². The van der Waals surface area contributed by atoms with Crippen molar-refractivity contribution in [3.05, 3.63) is 47.5 Å². The van der Waals surface area contributed by atoms with Gasteiger partial charge in [0, 0.05) is 25.1 Å². The zero-order chi connectivity index (χ0) is 20.5. The van der Waals surface area contributed by atoms with Crippen molar-refractivity contribution in [3.8, 4) is 22.6 Å². The molecule has 0 spiro atoms. The number of aromatic hydroxyl groups is 1. The summed E-state index contributed by atoms with van der Waals surface area (Å²) >= 11 is 0. The van der Waals surface area contributed by atoms with Gasteiger partial charge in [0.25, 0.3) is 0 Å². The maximum Gasteiger partial charge on any atom is 0.245 e. The number of rotatable bonds is 3. The maximum atomic E-state index is 13.1. The second kappa shape index (κ2) is 7.78. The van der Waals surface area contributed by atoms with Gasteiger partial charge < -0.3 is 19.6 Å². The summed E-state index contributed by atoms with van der Waals surface area (Å²) in [5, 5.41) is 10.5. The van der Waals surface area contributed by atoms with Gasteiger partial charge in [0.05, 0.1) is 6.54 Å². The molecule has 1 N–H and O–H groups in total. The van der Waals surface area contributed by atoms with E-state index in [0.29, 0.717) is 38.4 Å². The van der Waals surface area contributed by atoms with E-state index >= 15 is 0 Å². The van der Waals surface area contributed by atoms with Gasteiger partial charge in [-0.2, -0.15) is 0 Å². The molecule has 6 nitrogen and oxygen atoms in total. The third-order valence-electron chi connectivity index (χ3n) is 5.75. The van der Waals surface area contributed by atoms with Gasteiger partial charge >= 0.3 is 0 Å². The molecule has 0 bridgehead atoms. The maximum absolute atomic E-state index is 13.1.